The zero-order valence-corrected chi connectivity index (χ0v) is 11.5. The molecule has 22 heavy (non-hydrogen) atoms. The van der Waals surface area contributed by atoms with E-state index in [0.717, 1.165) is 12.8 Å². The highest BCUT2D eigenvalue weighted by molar-refractivity contribution is 5.96. The summed E-state index contributed by atoms with van der Waals surface area (Å²) >= 11 is 0. The van der Waals surface area contributed by atoms with E-state index in [-0.39, 0.29) is 17.4 Å². The van der Waals surface area contributed by atoms with Gasteiger partial charge in [-0.2, -0.15) is 5.10 Å². The number of aromatic amines is 1. The van der Waals surface area contributed by atoms with Gasteiger partial charge in [0, 0.05) is 5.56 Å². The van der Waals surface area contributed by atoms with E-state index in [4.69, 9.17) is 5.11 Å². The van der Waals surface area contributed by atoms with Crippen LogP contribution in [0.2, 0.25) is 0 Å². The number of halogens is 1. The lowest BCUT2D eigenvalue weighted by molar-refractivity contribution is -0.139. The quantitative estimate of drug-likeness (QED) is 0.785. The van der Waals surface area contributed by atoms with Crippen molar-refractivity contribution in [3.8, 4) is 11.3 Å². The van der Waals surface area contributed by atoms with Crippen molar-refractivity contribution >= 4 is 11.9 Å². The van der Waals surface area contributed by atoms with Crippen molar-refractivity contribution in [1.82, 2.24) is 15.5 Å². The molecule has 1 aliphatic carbocycles. The molecule has 1 amide bonds. The van der Waals surface area contributed by atoms with Crippen molar-refractivity contribution in [2.75, 3.05) is 0 Å². The molecule has 1 fully saturated rings. The van der Waals surface area contributed by atoms with Gasteiger partial charge in [-0.3, -0.25) is 9.89 Å². The van der Waals surface area contributed by atoms with Gasteiger partial charge in [0.2, 0.25) is 0 Å². The van der Waals surface area contributed by atoms with Crippen molar-refractivity contribution in [1.29, 1.82) is 0 Å². The summed E-state index contributed by atoms with van der Waals surface area (Å²) in [4.78, 5) is 23.2. The van der Waals surface area contributed by atoms with Gasteiger partial charge in [0.1, 0.15) is 17.6 Å². The zero-order valence-electron chi connectivity index (χ0n) is 11.5. The number of carbonyl (C=O) groups is 2. The summed E-state index contributed by atoms with van der Waals surface area (Å²) < 4.78 is 12.9. The fourth-order valence-corrected chi connectivity index (χ4v) is 2.24. The first kappa shape index (κ1) is 14.2. The Morgan fingerprint density at radius 2 is 2.00 bits per heavy atom. The van der Waals surface area contributed by atoms with Crippen LogP contribution in [0.3, 0.4) is 0 Å². The van der Waals surface area contributed by atoms with Crippen LogP contribution in [0.5, 0.6) is 0 Å². The normalized spacial score (nSPS) is 15.3. The lowest BCUT2D eigenvalue weighted by atomic mass is 10.1. The molecule has 6 nitrogen and oxygen atoms in total. The van der Waals surface area contributed by atoms with E-state index < -0.39 is 17.9 Å². The molecule has 1 atom stereocenters. The summed E-state index contributed by atoms with van der Waals surface area (Å²) in [5.41, 5.74) is 1.32. The first-order valence-electron chi connectivity index (χ1n) is 6.89. The minimum Gasteiger partial charge on any atom is -0.480 e. The van der Waals surface area contributed by atoms with Crippen LogP contribution in [0, 0.1) is 11.7 Å². The van der Waals surface area contributed by atoms with Crippen LogP contribution in [-0.4, -0.2) is 33.2 Å². The van der Waals surface area contributed by atoms with E-state index in [1.165, 1.54) is 18.2 Å². The molecule has 1 heterocycles. The van der Waals surface area contributed by atoms with E-state index in [1.54, 1.807) is 12.1 Å². The van der Waals surface area contributed by atoms with Gasteiger partial charge in [0.25, 0.3) is 5.91 Å². The van der Waals surface area contributed by atoms with Gasteiger partial charge < -0.3 is 10.4 Å². The Kier molecular flexibility index (Phi) is 3.62. The number of rotatable bonds is 5. The third kappa shape index (κ3) is 2.98. The molecule has 7 heteroatoms. The van der Waals surface area contributed by atoms with Crippen LogP contribution in [0.4, 0.5) is 4.39 Å². The van der Waals surface area contributed by atoms with Gasteiger partial charge in [-0.05, 0) is 49.1 Å². The zero-order chi connectivity index (χ0) is 15.7. The van der Waals surface area contributed by atoms with Crippen molar-refractivity contribution in [3.05, 3.63) is 41.8 Å². The number of nitrogens with one attached hydrogen (secondary N) is 2. The van der Waals surface area contributed by atoms with Gasteiger partial charge in [0.15, 0.2) is 0 Å². The van der Waals surface area contributed by atoms with Crippen molar-refractivity contribution in [2.24, 2.45) is 5.92 Å². The molecule has 2 aromatic rings. The maximum atomic E-state index is 12.9. The van der Waals surface area contributed by atoms with E-state index in [9.17, 15) is 14.0 Å². The predicted molar refractivity (Wildman–Crippen MR) is 75.6 cm³/mol. The molecule has 1 aromatic heterocycles. The molecule has 0 saturated heterocycles. The number of amides is 1. The molecule has 0 radical (unpaired) electrons. The molecule has 3 N–H and O–H groups in total. The highest BCUT2D eigenvalue weighted by atomic mass is 19.1. The average molecular weight is 303 g/mol. The van der Waals surface area contributed by atoms with Gasteiger partial charge in [0.05, 0.1) is 5.69 Å². The van der Waals surface area contributed by atoms with Gasteiger partial charge in [-0.1, -0.05) is 0 Å². The molecular formula is C15H14FN3O3. The second-order valence-electron chi connectivity index (χ2n) is 5.30. The molecule has 1 saturated carbocycles. The SMILES string of the molecule is O=C(NC(C(=O)O)C1CC1)c1cc(-c2ccc(F)cc2)n[nH]1. The van der Waals surface area contributed by atoms with E-state index in [1.807, 2.05) is 0 Å². The van der Waals surface area contributed by atoms with Crippen molar-refractivity contribution in [2.45, 2.75) is 18.9 Å². The highest BCUT2D eigenvalue weighted by Crippen LogP contribution is 2.32. The third-order valence-electron chi connectivity index (χ3n) is 3.61. The number of aliphatic carboxylic acids is 1. The largest absolute Gasteiger partial charge is 0.480 e. The van der Waals surface area contributed by atoms with E-state index in [2.05, 4.69) is 15.5 Å². The van der Waals surface area contributed by atoms with Gasteiger partial charge >= 0.3 is 5.97 Å². The summed E-state index contributed by atoms with van der Waals surface area (Å²) in [5.74, 6) is -1.90. The molecule has 0 spiro atoms. The molecule has 3 rings (SSSR count). The first-order chi connectivity index (χ1) is 10.5. The second-order valence-corrected chi connectivity index (χ2v) is 5.30. The Hall–Kier alpha value is -2.70. The summed E-state index contributed by atoms with van der Waals surface area (Å²) in [6.07, 6.45) is 1.61. The molecule has 1 unspecified atom stereocenters. The van der Waals surface area contributed by atoms with Crippen LogP contribution >= 0.6 is 0 Å². The van der Waals surface area contributed by atoms with Gasteiger partial charge in [-0.25, -0.2) is 9.18 Å². The predicted octanol–water partition coefficient (Wildman–Crippen LogP) is 1.81. The van der Waals surface area contributed by atoms with E-state index in [0.29, 0.717) is 11.3 Å². The fourth-order valence-electron chi connectivity index (χ4n) is 2.24. The number of aromatic nitrogens is 2. The van der Waals surface area contributed by atoms with Crippen molar-refractivity contribution in [3.63, 3.8) is 0 Å². The maximum absolute atomic E-state index is 12.9. The van der Waals surface area contributed by atoms with Crippen molar-refractivity contribution < 1.29 is 19.1 Å². The average Bonchev–Trinajstić information content (AvgIpc) is 3.21. The molecule has 114 valence electrons. The Bertz CT molecular complexity index is 707. The monoisotopic (exact) mass is 303 g/mol. The maximum Gasteiger partial charge on any atom is 0.326 e. The summed E-state index contributed by atoms with van der Waals surface area (Å²) in [5, 5.41) is 18.2. The Balaban J connectivity index is 1.74. The summed E-state index contributed by atoms with van der Waals surface area (Å²) in [6.45, 7) is 0. The summed E-state index contributed by atoms with van der Waals surface area (Å²) in [7, 11) is 0. The number of H-pyrrole nitrogens is 1. The minimum absolute atomic E-state index is 0.000871. The number of hydrogen-bond acceptors (Lipinski definition) is 3. The number of hydrogen-bond donors (Lipinski definition) is 3. The number of benzene rings is 1. The third-order valence-corrected chi connectivity index (χ3v) is 3.61. The molecular weight excluding hydrogens is 289 g/mol. The number of nitrogens with zero attached hydrogens (tertiary/aromatic N) is 1. The topological polar surface area (TPSA) is 95.1 Å². The fraction of sp³-hybridized carbons (Fsp3) is 0.267. The molecule has 1 aliphatic rings. The van der Waals surface area contributed by atoms with Crippen LogP contribution in [0.25, 0.3) is 11.3 Å². The van der Waals surface area contributed by atoms with E-state index >= 15 is 0 Å². The second kappa shape index (κ2) is 5.59. The lowest BCUT2D eigenvalue weighted by Gasteiger charge is -2.12. The minimum atomic E-state index is -1.03. The smallest absolute Gasteiger partial charge is 0.326 e. The first-order valence-corrected chi connectivity index (χ1v) is 6.89. The number of carbonyl (C=O) groups excluding carboxylic acids is 1. The van der Waals surface area contributed by atoms with Crippen LogP contribution in [-0.2, 0) is 4.79 Å². The van der Waals surface area contributed by atoms with Crippen LogP contribution in [0.1, 0.15) is 23.3 Å². The number of carboxylic acids is 1. The van der Waals surface area contributed by atoms with Crippen LogP contribution in [0.15, 0.2) is 30.3 Å². The van der Waals surface area contributed by atoms with Gasteiger partial charge in [-0.15, -0.1) is 0 Å². The molecule has 1 aromatic carbocycles. The molecule has 0 bridgehead atoms. The standard InChI is InChI=1S/C15H14FN3O3/c16-10-5-3-8(4-6-10)11-7-12(19-18-11)14(20)17-13(15(21)22)9-1-2-9/h3-7,9,13H,1-2H2,(H,17,20)(H,18,19)(H,21,22). The highest BCUT2D eigenvalue weighted by Gasteiger charge is 2.37. The Morgan fingerprint density at radius 1 is 1.32 bits per heavy atom. The Morgan fingerprint density at radius 3 is 2.59 bits per heavy atom. The molecule has 0 aliphatic heterocycles. The summed E-state index contributed by atoms with van der Waals surface area (Å²) in [6, 6.07) is 6.35. The Labute approximate surface area is 125 Å². The number of carboxylic acid groups (broad SMARTS) is 1. The van der Waals surface area contributed by atoms with Crippen LogP contribution < -0.4 is 5.32 Å². The lowest BCUT2D eigenvalue weighted by Crippen LogP contribution is -2.42.